The van der Waals surface area contributed by atoms with E-state index in [0.29, 0.717) is 6.04 Å². The van der Waals surface area contributed by atoms with Gasteiger partial charge in [0.25, 0.3) is 0 Å². The third-order valence-corrected chi connectivity index (χ3v) is 3.24. The zero-order valence-electron chi connectivity index (χ0n) is 13.2. The molecule has 0 radical (unpaired) electrons. The largest absolute Gasteiger partial charge is 0.350 e. The molecular formula is C14H28ClN3O2. The minimum atomic E-state index is -0.260. The third-order valence-electron chi connectivity index (χ3n) is 3.24. The standard InChI is InChI=1S/C14H27N3O2.ClH/c1-10-8-11(6-7-15-10)13(19)17(5)9-12(18)16-14(2,3)4;/h10-11,15H,6-9H2,1-5H3,(H,16,18);1H/t10-,11-;/m0./s1. The predicted molar refractivity (Wildman–Crippen MR) is 83.0 cm³/mol. The predicted octanol–water partition coefficient (Wildman–Crippen LogP) is 1.17. The molecular weight excluding hydrogens is 278 g/mol. The number of piperidine rings is 1. The molecule has 0 aromatic heterocycles. The minimum Gasteiger partial charge on any atom is -0.350 e. The Balaban J connectivity index is 0.00000361. The highest BCUT2D eigenvalue weighted by Gasteiger charge is 2.28. The van der Waals surface area contributed by atoms with Gasteiger partial charge in [-0.15, -0.1) is 12.4 Å². The maximum atomic E-state index is 12.3. The lowest BCUT2D eigenvalue weighted by Crippen LogP contribution is -2.48. The summed E-state index contributed by atoms with van der Waals surface area (Å²) in [5.41, 5.74) is -0.260. The van der Waals surface area contributed by atoms with Gasteiger partial charge >= 0.3 is 0 Å². The maximum Gasteiger partial charge on any atom is 0.240 e. The molecule has 1 aliphatic heterocycles. The topological polar surface area (TPSA) is 61.4 Å². The van der Waals surface area contributed by atoms with E-state index in [9.17, 15) is 9.59 Å². The van der Waals surface area contributed by atoms with Crippen LogP contribution in [0.5, 0.6) is 0 Å². The van der Waals surface area contributed by atoms with Crippen LogP contribution in [0.25, 0.3) is 0 Å². The van der Waals surface area contributed by atoms with Gasteiger partial charge in [0.05, 0.1) is 6.54 Å². The normalized spacial score (nSPS) is 22.6. The average molecular weight is 306 g/mol. The van der Waals surface area contributed by atoms with Crippen molar-refractivity contribution in [3.63, 3.8) is 0 Å². The summed E-state index contributed by atoms with van der Waals surface area (Å²) in [6.45, 7) is 8.89. The van der Waals surface area contributed by atoms with Crippen LogP contribution in [0.1, 0.15) is 40.5 Å². The Morgan fingerprint density at radius 1 is 1.35 bits per heavy atom. The van der Waals surface area contributed by atoms with Crippen molar-refractivity contribution < 1.29 is 9.59 Å². The second-order valence-electron chi connectivity index (χ2n) is 6.57. The van der Waals surface area contributed by atoms with E-state index in [1.165, 1.54) is 0 Å². The first-order chi connectivity index (χ1) is 8.69. The molecule has 0 unspecified atom stereocenters. The minimum absolute atomic E-state index is 0. The number of nitrogens with one attached hydrogen (secondary N) is 2. The first kappa shape index (κ1) is 19.2. The van der Waals surface area contributed by atoms with Crippen LogP contribution < -0.4 is 10.6 Å². The highest BCUT2D eigenvalue weighted by molar-refractivity contribution is 5.86. The number of hydrogen-bond acceptors (Lipinski definition) is 3. The van der Waals surface area contributed by atoms with Gasteiger partial charge < -0.3 is 15.5 Å². The molecule has 1 aliphatic rings. The van der Waals surface area contributed by atoms with Crippen LogP contribution in [-0.4, -0.2) is 48.4 Å². The summed E-state index contributed by atoms with van der Waals surface area (Å²) in [6, 6.07) is 0.375. The molecule has 20 heavy (non-hydrogen) atoms. The number of likely N-dealkylation sites (N-methyl/N-ethyl adjacent to an activating group) is 1. The molecule has 0 saturated carbocycles. The summed E-state index contributed by atoms with van der Waals surface area (Å²) in [4.78, 5) is 25.6. The number of amides is 2. The fourth-order valence-electron chi connectivity index (χ4n) is 2.42. The number of halogens is 1. The summed E-state index contributed by atoms with van der Waals surface area (Å²) in [5, 5.41) is 6.20. The van der Waals surface area contributed by atoms with Crippen molar-refractivity contribution in [1.29, 1.82) is 0 Å². The molecule has 1 rings (SSSR count). The van der Waals surface area contributed by atoms with Crippen LogP contribution in [0.3, 0.4) is 0 Å². The Bertz CT molecular complexity index is 342. The summed E-state index contributed by atoms with van der Waals surface area (Å²) in [6.07, 6.45) is 1.71. The number of nitrogens with zero attached hydrogens (tertiary/aromatic N) is 1. The van der Waals surface area contributed by atoms with Crippen LogP contribution in [0.15, 0.2) is 0 Å². The van der Waals surface area contributed by atoms with Gasteiger partial charge in [0.15, 0.2) is 0 Å². The highest BCUT2D eigenvalue weighted by atomic mass is 35.5. The smallest absolute Gasteiger partial charge is 0.240 e. The zero-order valence-corrected chi connectivity index (χ0v) is 14.0. The fraction of sp³-hybridized carbons (Fsp3) is 0.857. The van der Waals surface area contributed by atoms with E-state index < -0.39 is 0 Å². The van der Waals surface area contributed by atoms with Crippen molar-refractivity contribution >= 4 is 24.2 Å². The van der Waals surface area contributed by atoms with Crippen molar-refractivity contribution in [2.45, 2.75) is 52.1 Å². The quantitative estimate of drug-likeness (QED) is 0.823. The Hall–Kier alpha value is -0.810. The SMILES string of the molecule is C[C@H]1C[C@@H](C(=O)N(C)CC(=O)NC(C)(C)C)CCN1.Cl. The molecule has 6 heteroatoms. The van der Waals surface area contributed by atoms with E-state index in [1.807, 2.05) is 20.8 Å². The van der Waals surface area contributed by atoms with E-state index in [4.69, 9.17) is 0 Å². The van der Waals surface area contributed by atoms with Crippen LogP contribution in [-0.2, 0) is 9.59 Å². The molecule has 2 amide bonds. The number of hydrogen-bond donors (Lipinski definition) is 2. The van der Waals surface area contributed by atoms with Crippen LogP contribution in [0, 0.1) is 5.92 Å². The van der Waals surface area contributed by atoms with Gasteiger partial charge in [-0.1, -0.05) is 0 Å². The van der Waals surface area contributed by atoms with Gasteiger partial charge in [-0.2, -0.15) is 0 Å². The lowest BCUT2D eigenvalue weighted by atomic mass is 9.92. The number of carbonyl (C=O) groups is 2. The van der Waals surface area contributed by atoms with E-state index in [0.717, 1.165) is 19.4 Å². The molecule has 1 heterocycles. The molecule has 2 N–H and O–H groups in total. The lowest BCUT2D eigenvalue weighted by molar-refractivity contribution is -0.139. The van der Waals surface area contributed by atoms with Crippen molar-refractivity contribution in [2.24, 2.45) is 5.92 Å². The van der Waals surface area contributed by atoms with Crippen molar-refractivity contribution in [2.75, 3.05) is 20.1 Å². The zero-order chi connectivity index (χ0) is 14.6. The Kier molecular flexibility index (Phi) is 7.52. The third kappa shape index (κ3) is 6.57. The van der Waals surface area contributed by atoms with Gasteiger partial charge in [0, 0.05) is 24.5 Å². The summed E-state index contributed by atoms with van der Waals surface area (Å²) in [5.74, 6) is 0.0198. The summed E-state index contributed by atoms with van der Waals surface area (Å²) in [7, 11) is 1.71. The van der Waals surface area contributed by atoms with E-state index >= 15 is 0 Å². The number of carbonyl (C=O) groups excluding carboxylic acids is 2. The van der Waals surface area contributed by atoms with E-state index in [1.54, 1.807) is 11.9 Å². The average Bonchev–Trinajstić information content (AvgIpc) is 2.25. The summed E-state index contributed by atoms with van der Waals surface area (Å²) >= 11 is 0. The molecule has 2 atom stereocenters. The van der Waals surface area contributed by atoms with Gasteiger partial charge in [0.1, 0.15) is 0 Å². The lowest BCUT2D eigenvalue weighted by Gasteiger charge is -2.30. The maximum absolute atomic E-state index is 12.3. The number of rotatable bonds is 3. The molecule has 118 valence electrons. The molecule has 0 aliphatic carbocycles. The van der Waals surface area contributed by atoms with Gasteiger partial charge in [-0.25, -0.2) is 0 Å². The summed E-state index contributed by atoms with van der Waals surface area (Å²) < 4.78 is 0. The molecule has 1 fully saturated rings. The second kappa shape index (κ2) is 7.84. The molecule has 0 spiro atoms. The van der Waals surface area contributed by atoms with Crippen LogP contribution in [0.4, 0.5) is 0 Å². The fourth-order valence-corrected chi connectivity index (χ4v) is 2.42. The monoisotopic (exact) mass is 305 g/mol. The Morgan fingerprint density at radius 3 is 2.45 bits per heavy atom. The Labute approximate surface area is 128 Å². The van der Waals surface area contributed by atoms with Crippen LogP contribution in [0.2, 0.25) is 0 Å². The van der Waals surface area contributed by atoms with E-state index in [-0.39, 0.29) is 42.2 Å². The molecule has 0 aromatic rings. The second-order valence-corrected chi connectivity index (χ2v) is 6.57. The van der Waals surface area contributed by atoms with Crippen LogP contribution >= 0.6 is 12.4 Å². The molecule has 0 bridgehead atoms. The molecule has 1 saturated heterocycles. The Morgan fingerprint density at radius 2 is 1.95 bits per heavy atom. The van der Waals surface area contributed by atoms with Crippen molar-refractivity contribution in [1.82, 2.24) is 15.5 Å². The van der Waals surface area contributed by atoms with E-state index in [2.05, 4.69) is 17.6 Å². The van der Waals surface area contributed by atoms with Crippen molar-refractivity contribution in [3.05, 3.63) is 0 Å². The van der Waals surface area contributed by atoms with Gasteiger partial charge in [-0.3, -0.25) is 9.59 Å². The first-order valence-electron chi connectivity index (χ1n) is 6.98. The van der Waals surface area contributed by atoms with Crippen molar-refractivity contribution in [3.8, 4) is 0 Å². The molecule has 0 aromatic carbocycles. The molecule has 5 nitrogen and oxygen atoms in total. The highest BCUT2D eigenvalue weighted by Crippen LogP contribution is 2.18. The van der Waals surface area contributed by atoms with Gasteiger partial charge in [-0.05, 0) is 47.1 Å². The van der Waals surface area contributed by atoms with Gasteiger partial charge in [0.2, 0.25) is 11.8 Å². The first-order valence-corrected chi connectivity index (χ1v) is 6.98.